The zero-order chi connectivity index (χ0) is 12.6. The topological polar surface area (TPSA) is 15.3 Å². The highest BCUT2D eigenvalue weighted by molar-refractivity contribution is 7.97. The average Bonchev–Trinajstić information content (AvgIpc) is 2.91. The Morgan fingerprint density at radius 1 is 1.11 bits per heavy atom. The van der Waals surface area contributed by atoms with Crippen molar-refractivity contribution in [3.05, 3.63) is 0 Å². The van der Waals surface area contributed by atoms with Crippen molar-refractivity contribution >= 4 is 11.9 Å². The number of unbranched alkanes of at least 4 members (excludes halogenated alkanes) is 1. The highest BCUT2D eigenvalue weighted by atomic mass is 32.2. The molecule has 0 atom stereocenters. The molecule has 0 spiro atoms. The van der Waals surface area contributed by atoms with E-state index < -0.39 is 0 Å². The van der Waals surface area contributed by atoms with E-state index in [2.05, 4.69) is 28.5 Å². The molecule has 0 aromatic heterocycles. The van der Waals surface area contributed by atoms with E-state index in [4.69, 9.17) is 0 Å². The quantitative estimate of drug-likeness (QED) is 0.561. The van der Waals surface area contributed by atoms with E-state index in [0.717, 1.165) is 12.0 Å². The first-order valence-corrected chi connectivity index (χ1v) is 8.94. The fourth-order valence-corrected chi connectivity index (χ4v) is 4.22. The number of hydrogen-bond donors (Lipinski definition) is 1. The fraction of sp³-hybridized carbons (Fsp3) is 1.00. The molecular weight excluding hydrogens is 240 g/mol. The normalized spacial score (nSPS) is 23.8. The van der Waals surface area contributed by atoms with Crippen molar-refractivity contribution in [1.29, 1.82) is 0 Å². The maximum absolute atomic E-state index is 3.82. The lowest BCUT2D eigenvalue weighted by Gasteiger charge is -2.32. The van der Waals surface area contributed by atoms with Gasteiger partial charge in [0.2, 0.25) is 0 Å². The predicted molar refractivity (Wildman–Crippen MR) is 81.9 cm³/mol. The third-order valence-corrected chi connectivity index (χ3v) is 5.60. The van der Waals surface area contributed by atoms with Gasteiger partial charge in [-0.3, -0.25) is 4.31 Å². The SMILES string of the molecule is CCCCSN1CCC(NCC2CCCC2)CC1. The first-order valence-electron chi connectivity index (χ1n) is 7.99. The second-order valence-electron chi connectivity index (χ2n) is 5.95. The van der Waals surface area contributed by atoms with E-state index in [1.165, 1.54) is 76.8 Å². The standard InChI is InChI=1S/C15H30N2S/c1-2-3-12-18-17-10-8-15(9-11-17)16-13-14-6-4-5-7-14/h14-16H,2-13H2,1H3. The van der Waals surface area contributed by atoms with Crippen LogP contribution in [0.1, 0.15) is 58.3 Å². The highest BCUT2D eigenvalue weighted by Gasteiger charge is 2.21. The summed E-state index contributed by atoms with van der Waals surface area (Å²) in [6.07, 6.45) is 11.3. The lowest BCUT2D eigenvalue weighted by Crippen LogP contribution is -2.41. The molecule has 1 N–H and O–H groups in total. The average molecular weight is 270 g/mol. The molecule has 0 radical (unpaired) electrons. The summed E-state index contributed by atoms with van der Waals surface area (Å²) in [4.78, 5) is 0. The largest absolute Gasteiger partial charge is 0.314 e. The summed E-state index contributed by atoms with van der Waals surface area (Å²) in [5.74, 6) is 2.30. The van der Waals surface area contributed by atoms with Gasteiger partial charge < -0.3 is 5.32 Å². The Kier molecular flexibility index (Phi) is 6.88. The molecule has 1 saturated heterocycles. The van der Waals surface area contributed by atoms with Crippen LogP contribution in [0.2, 0.25) is 0 Å². The number of nitrogens with zero attached hydrogens (tertiary/aromatic N) is 1. The maximum Gasteiger partial charge on any atom is 0.0104 e. The Balaban J connectivity index is 1.52. The smallest absolute Gasteiger partial charge is 0.0104 e. The molecule has 1 heterocycles. The van der Waals surface area contributed by atoms with E-state index in [1.54, 1.807) is 0 Å². The minimum Gasteiger partial charge on any atom is -0.314 e. The zero-order valence-electron chi connectivity index (χ0n) is 12.0. The molecule has 3 heteroatoms. The molecule has 2 nitrogen and oxygen atoms in total. The minimum atomic E-state index is 0.800. The molecule has 2 fully saturated rings. The molecule has 18 heavy (non-hydrogen) atoms. The molecule has 0 unspecified atom stereocenters. The zero-order valence-corrected chi connectivity index (χ0v) is 12.8. The summed E-state index contributed by atoms with van der Waals surface area (Å²) in [5.41, 5.74) is 0. The first-order chi connectivity index (χ1) is 8.88. The van der Waals surface area contributed by atoms with Crippen LogP contribution in [-0.2, 0) is 0 Å². The Bertz CT molecular complexity index is 209. The van der Waals surface area contributed by atoms with Crippen LogP contribution < -0.4 is 5.32 Å². The van der Waals surface area contributed by atoms with Crippen LogP contribution in [0, 0.1) is 5.92 Å². The first kappa shape index (κ1) is 14.7. The monoisotopic (exact) mass is 270 g/mol. The van der Waals surface area contributed by atoms with Crippen LogP contribution in [0.4, 0.5) is 0 Å². The molecule has 0 aromatic rings. The number of rotatable bonds is 7. The second-order valence-corrected chi connectivity index (χ2v) is 7.13. The van der Waals surface area contributed by atoms with E-state index in [0.29, 0.717) is 0 Å². The van der Waals surface area contributed by atoms with Gasteiger partial charge in [0, 0.05) is 24.9 Å². The molecular formula is C15H30N2S. The van der Waals surface area contributed by atoms with E-state index in [9.17, 15) is 0 Å². The number of hydrogen-bond acceptors (Lipinski definition) is 3. The molecule has 2 rings (SSSR count). The van der Waals surface area contributed by atoms with Gasteiger partial charge >= 0.3 is 0 Å². The molecule has 2 aliphatic rings. The van der Waals surface area contributed by atoms with Gasteiger partial charge in [-0.2, -0.15) is 0 Å². The summed E-state index contributed by atoms with van der Waals surface area (Å²) < 4.78 is 2.59. The van der Waals surface area contributed by atoms with Crippen LogP contribution >= 0.6 is 11.9 Å². The summed E-state index contributed by atoms with van der Waals surface area (Å²) in [5, 5.41) is 3.82. The number of nitrogens with one attached hydrogen (secondary N) is 1. The van der Waals surface area contributed by atoms with Crippen molar-refractivity contribution in [2.24, 2.45) is 5.92 Å². The maximum atomic E-state index is 3.82. The van der Waals surface area contributed by atoms with Crippen LogP contribution in [0.5, 0.6) is 0 Å². The van der Waals surface area contributed by atoms with Gasteiger partial charge in [-0.15, -0.1) is 0 Å². The molecule has 1 saturated carbocycles. The molecule has 106 valence electrons. The lowest BCUT2D eigenvalue weighted by molar-refractivity contribution is 0.296. The Morgan fingerprint density at radius 2 is 1.83 bits per heavy atom. The van der Waals surface area contributed by atoms with Gasteiger partial charge in [0.15, 0.2) is 0 Å². The number of piperidine rings is 1. The van der Waals surface area contributed by atoms with E-state index in [-0.39, 0.29) is 0 Å². The van der Waals surface area contributed by atoms with Crippen LogP contribution in [0.25, 0.3) is 0 Å². The summed E-state index contributed by atoms with van der Waals surface area (Å²) in [6, 6.07) is 0.800. The highest BCUT2D eigenvalue weighted by Crippen LogP contribution is 2.25. The van der Waals surface area contributed by atoms with Crippen molar-refractivity contribution < 1.29 is 0 Å². The summed E-state index contributed by atoms with van der Waals surface area (Å²) in [7, 11) is 0. The minimum absolute atomic E-state index is 0.800. The van der Waals surface area contributed by atoms with E-state index >= 15 is 0 Å². The van der Waals surface area contributed by atoms with Crippen LogP contribution in [-0.4, -0.2) is 35.7 Å². The van der Waals surface area contributed by atoms with E-state index in [1.807, 2.05) is 0 Å². The molecule has 0 aromatic carbocycles. The van der Waals surface area contributed by atoms with Crippen LogP contribution in [0.15, 0.2) is 0 Å². The molecule has 1 aliphatic carbocycles. The van der Waals surface area contributed by atoms with Gasteiger partial charge in [-0.1, -0.05) is 38.1 Å². The summed E-state index contributed by atoms with van der Waals surface area (Å²) in [6.45, 7) is 6.14. The second kappa shape index (κ2) is 8.44. The van der Waals surface area contributed by atoms with Crippen LogP contribution in [0.3, 0.4) is 0 Å². The van der Waals surface area contributed by atoms with Crippen molar-refractivity contribution in [3.8, 4) is 0 Å². The fourth-order valence-electron chi connectivity index (χ4n) is 3.07. The van der Waals surface area contributed by atoms with Crippen molar-refractivity contribution in [2.75, 3.05) is 25.4 Å². The third-order valence-electron chi connectivity index (χ3n) is 4.40. The Morgan fingerprint density at radius 3 is 2.50 bits per heavy atom. The molecule has 0 bridgehead atoms. The third kappa shape index (κ3) is 5.10. The molecule has 0 amide bonds. The Labute approximate surface area is 117 Å². The van der Waals surface area contributed by atoms with Crippen molar-refractivity contribution in [2.45, 2.75) is 64.3 Å². The summed E-state index contributed by atoms with van der Waals surface area (Å²) >= 11 is 2.07. The van der Waals surface area contributed by atoms with Crippen molar-refractivity contribution in [1.82, 2.24) is 9.62 Å². The Hall–Kier alpha value is 0.270. The predicted octanol–water partition coefficient (Wildman–Crippen LogP) is 3.68. The van der Waals surface area contributed by atoms with Gasteiger partial charge in [0.1, 0.15) is 0 Å². The van der Waals surface area contributed by atoms with Gasteiger partial charge in [0.25, 0.3) is 0 Å². The van der Waals surface area contributed by atoms with Gasteiger partial charge in [-0.25, -0.2) is 0 Å². The van der Waals surface area contributed by atoms with Gasteiger partial charge in [-0.05, 0) is 44.6 Å². The lowest BCUT2D eigenvalue weighted by atomic mass is 10.0. The van der Waals surface area contributed by atoms with Crippen molar-refractivity contribution in [3.63, 3.8) is 0 Å². The molecule has 1 aliphatic heterocycles. The van der Waals surface area contributed by atoms with Gasteiger partial charge in [0.05, 0.1) is 0 Å².